The summed E-state index contributed by atoms with van der Waals surface area (Å²) in [7, 11) is 4.57. The van der Waals surface area contributed by atoms with Crippen LogP contribution in [0.1, 0.15) is 11.1 Å². The molecule has 0 saturated carbocycles. The minimum absolute atomic E-state index is 0.212. The minimum Gasteiger partial charge on any atom is -0.493 e. The predicted octanol–water partition coefficient (Wildman–Crippen LogP) is 2.93. The molecule has 2 aromatic rings. The predicted molar refractivity (Wildman–Crippen MR) is 99.6 cm³/mol. The summed E-state index contributed by atoms with van der Waals surface area (Å²) in [6, 6.07) is 10.1. The molecule has 0 saturated heterocycles. The van der Waals surface area contributed by atoms with Crippen LogP contribution in [0.5, 0.6) is 23.0 Å². The molecule has 2 rings (SSSR count). The highest BCUT2D eigenvalue weighted by Gasteiger charge is 2.14. The molecule has 7 nitrogen and oxygen atoms in total. The van der Waals surface area contributed by atoms with Gasteiger partial charge in [-0.3, -0.25) is 4.79 Å². The van der Waals surface area contributed by atoms with Crippen molar-refractivity contribution in [3.8, 4) is 29.1 Å². The zero-order valence-corrected chi connectivity index (χ0v) is 15.9. The van der Waals surface area contributed by atoms with Crippen molar-refractivity contribution in [3.63, 3.8) is 0 Å². The quantitative estimate of drug-likeness (QED) is 0.745. The van der Waals surface area contributed by atoms with Gasteiger partial charge in [-0.2, -0.15) is 5.26 Å². The average Bonchev–Trinajstić information content (AvgIpc) is 2.70. The van der Waals surface area contributed by atoms with E-state index in [4.69, 9.17) is 35.8 Å². The summed E-state index contributed by atoms with van der Waals surface area (Å²) >= 11 is 6.01. The molecular formula is C19H19ClN2O5. The van der Waals surface area contributed by atoms with Gasteiger partial charge in [-0.15, -0.1) is 0 Å². The van der Waals surface area contributed by atoms with Crippen LogP contribution in [0.4, 0.5) is 0 Å². The molecule has 8 heteroatoms. The van der Waals surface area contributed by atoms with Gasteiger partial charge in [0.05, 0.1) is 38.0 Å². The molecule has 0 aromatic heterocycles. The Morgan fingerprint density at radius 1 is 1.07 bits per heavy atom. The highest BCUT2D eigenvalue weighted by molar-refractivity contribution is 6.32. The van der Waals surface area contributed by atoms with Crippen LogP contribution >= 0.6 is 11.6 Å². The molecule has 142 valence electrons. The smallest absolute Gasteiger partial charge is 0.258 e. The van der Waals surface area contributed by atoms with Gasteiger partial charge in [0.15, 0.2) is 18.1 Å². The number of rotatable bonds is 8. The van der Waals surface area contributed by atoms with Crippen molar-refractivity contribution in [2.75, 3.05) is 27.9 Å². The number of methoxy groups -OCH3 is 3. The van der Waals surface area contributed by atoms with E-state index in [1.807, 2.05) is 6.07 Å². The fourth-order valence-corrected chi connectivity index (χ4v) is 2.55. The molecule has 1 N–H and O–H groups in total. The average molecular weight is 391 g/mol. The molecule has 0 aliphatic carbocycles. The van der Waals surface area contributed by atoms with E-state index in [0.29, 0.717) is 28.6 Å². The first-order valence-electron chi connectivity index (χ1n) is 7.90. The second-order valence-electron chi connectivity index (χ2n) is 5.36. The highest BCUT2D eigenvalue weighted by Crippen LogP contribution is 2.38. The Morgan fingerprint density at radius 2 is 1.74 bits per heavy atom. The summed E-state index contributed by atoms with van der Waals surface area (Å²) in [4.78, 5) is 12.0. The molecule has 0 fully saturated rings. The highest BCUT2D eigenvalue weighted by atomic mass is 35.5. The summed E-state index contributed by atoms with van der Waals surface area (Å²) in [5, 5.41) is 11.8. The van der Waals surface area contributed by atoms with Gasteiger partial charge in [0, 0.05) is 6.54 Å². The molecule has 27 heavy (non-hydrogen) atoms. The lowest BCUT2D eigenvalue weighted by molar-refractivity contribution is -0.123. The lowest BCUT2D eigenvalue weighted by Crippen LogP contribution is -2.28. The molecule has 0 bridgehead atoms. The van der Waals surface area contributed by atoms with Gasteiger partial charge in [-0.25, -0.2) is 0 Å². The van der Waals surface area contributed by atoms with Crippen LogP contribution in [0.25, 0.3) is 0 Å². The van der Waals surface area contributed by atoms with Crippen molar-refractivity contribution in [1.29, 1.82) is 5.26 Å². The lowest BCUT2D eigenvalue weighted by Gasteiger charge is -2.14. The van der Waals surface area contributed by atoms with Gasteiger partial charge in [0.2, 0.25) is 5.75 Å². The summed E-state index contributed by atoms with van der Waals surface area (Å²) < 4.78 is 21.2. The Bertz CT molecular complexity index is 839. The van der Waals surface area contributed by atoms with E-state index in [1.54, 1.807) is 24.3 Å². The standard InChI is InChI=1S/C19H19ClN2O5/c1-24-16-7-13(8-17(25-2)19(16)26-3)10-22-18(23)11-27-15-5-4-12(9-21)6-14(15)20/h4-8H,10-11H2,1-3H3,(H,22,23). The lowest BCUT2D eigenvalue weighted by atomic mass is 10.1. The molecular weight excluding hydrogens is 372 g/mol. The summed E-state index contributed by atoms with van der Waals surface area (Å²) in [6.07, 6.45) is 0. The van der Waals surface area contributed by atoms with Gasteiger partial charge in [-0.1, -0.05) is 11.6 Å². The number of carbonyl (C=O) groups is 1. The van der Waals surface area contributed by atoms with Gasteiger partial charge in [-0.05, 0) is 35.9 Å². The number of halogens is 1. The summed E-state index contributed by atoms with van der Waals surface area (Å²) in [6.45, 7) is 0.0378. The number of ether oxygens (including phenoxy) is 4. The Hall–Kier alpha value is -3.11. The first-order chi connectivity index (χ1) is 13.0. The Kier molecular flexibility index (Phi) is 7.15. The molecule has 0 radical (unpaired) electrons. The topological polar surface area (TPSA) is 89.8 Å². The summed E-state index contributed by atoms with van der Waals surface area (Å²) in [5.74, 6) is 1.49. The first kappa shape index (κ1) is 20.2. The van der Waals surface area contributed by atoms with Crippen LogP contribution in [0, 0.1) is 11.3 Å². The van der Waals surface area contributed by atoms with Crippen LogP contribution in [-0.2, 0) is 11.3 Å². The van der Waals surface area contributed by atoms with Gasteiger partial charge in [0.1, 0.15) is 5.75 Å². The second-order valence-corrected chi connectivity index (χ2v) is 5.76. The minimum atomic E-state index is -0.329. The van der Waals surface area contributed by atoms with Crippen molar-refractivity contribution in [3.05, 3.63) is 46.5 Å². The van der Waals surface area contributed by atoms with Crippen LogP contribution in [0.2, 0.25) is 5.02 Å². The van der Waals surface area contributed by atoms with Gasteiger partial charge >= 0.3 is 0 Å². The van der Waals surface area contributed by atoms with Crippen LogP contribution < -0.4 is 24.3 Å². The van der Waals surface area contributed by atoms with E-state index in [0.717, 1.165) is 5.56 Å². The molecule has 0 spiro atoms. The van der Waals surface area contributed by atoms with E-state index >= 15 is 0 Å². The van der Waals surface area contributed by atoms with E-state index in [9.17, 15) is 4.79 Å². The van der Waals surface area contributed by atoms with Crippen molar-refractivity contribution >= 4 is 17.5 Å². The zero-order valence-electron chi connectivity index (χ0n) is 15.2. The SMILES string of the molecule is COc1cc(CNC(=O)COc2ccc(C#N)cc2Cl)cc(OC)c1OC. The van der Waals surface area contributed by atoms with Crippen molar-refractivity contribution in [1.82, 2.24) is 5.32 Å². The number of nitrogens with zero attached hydrogens (tertiary/aromatic N) is 1. The zero-order chi connectivity index (χ0) is 19.8. The normalized spacial score (nSPS) is 9.89. The Balaban J connectivity index is 1.97. The number of amides is 1. The maximum Gasteiger partial charge on any atom is 0.258 e. The van der Waals surface area contributed by atoms with Crippen LogP contribution in [0.3, 0.4) is 0 Å². The fraction of sp³-hybridized carbons (Fsp3) is 0.263. The third kappa shape index (κ3) is 5.19. The van der Waals surface area contributed by atoms with E-state index < -0.39 is 0 Å². The molecule has 0 aliphatic heterocycles. The summed E-state index contributed by atoms with van der Waals surface area (Å²) in [5.41, 5.74) is 1.19. The number of hydrogen-bond donors (Lipinski definition) is 1. The van der Waals surface area contributed by atoms with E-state index in [2.05, 4.69) is 5.32 Å². The van der Waals surface area contributed by atoms with Gasteiger partial charge in [0.25, 0.3) is 5.91 Å². The van der Waals surface area contributed by atoms with Crippen molar-refractivity contribution < 1.29 is 23.7 Å². The monoisotopic (exact) mass is 390 g/mol. The Labute approximate surface area is 162 Å². The van der Waals surface area contributed by atoms with Gasteiger partial charge < -0.3 is 24.3 Å². The second kappa shape index (κ2) is 9.55. The fourth-order valence-electron chi connectivity index (χ4n) is 2.32. The third-order valence-corrected chi connectivity index (χ3v) is 3.93. The molecule has 0 heterocycles. The first-order valence-corrected chi connectivity index (χ1v) is 8.28. The molecule has 1 amide bonds. The van der Waals surface area contributed by atoms with E-state index in [1.165, 1.54) is 27.4 Å². The number of carbonyl (C=O) groups excluding carboxylic acids is 1. The molecule has 0 unspecified atom stereocenters. The largest absolute Gasteiger partial charge is 0.493 e. The number of benzene rings is 2. The molecule has 2 aromatic carbocycles. The van der Waals surface area contributed by atoms with Crippen molar-refractivity contribution in [2.45, 2.75) is 6.54 Å². The Morgan fingerprint density at radius 3 is 2.26 bits per heavy atom. The maximum atomic E-state index is 12.0. The van der Waals surface area contributed by atoms with Crippen LogP contribution in [0.15, 0.2) is 30.3 Å². The third-order valence-electron chi connectivity index (χ3n) is 3.63. The number of hydrogen-bond acceptors (Lipinski definition) is 6. The molecule has 0 atom stereocenters. The molecule has 0 aliphatic rings. The number of nitrogens with one attached hydrogen (secondary N) is 1. The van der Waals surface area contributed by atoms with E-state index in [-0.39, 0.29) is 24.1 Å². The maximum absolute atomic E-state index is 12.0. The van der Waals surface area contributed by atoms with Crippen molar-refractivity contribution in [2.24, 2.45) is 0 Å². The number of nitriles is 1. The van der Waals surface area contributed by atoms with Crippen LogP contribution in [-0.4, -0.2) is 33.8 Å².